The van der Waals surface area contributed by atoms with Crippen molar-refractivity contribution in [3.63, 3.8) is 0 Å². The molecule has 1 fully saturated rings. The van der Waals surface area contributed by atoms with Crippen LogP contribution in [0.5, 0.6) is 0 Å². The predicted molar refractivity (Wildman–Crippen MR) is 90.1 cm³/mol. The Labute approximate surface area is 155 Å². The molecule has 1 aromatic rings. The van der Waals surface area contributed by atoms with Gasteiger partial charge in [0, 0.05) is 46.1 Å². The highest BCUT2D eigenvalue weighted by atomic mass is 32.2. The van der Waals surface area contributed by atoms with Crippen LogP contribution in [-0.2, 0) is 25.8 Å². The van der Waals surface area contributed by atoms with Crippen LogP contribution in [0.15, 0.2) is 29.2 Å². The zero-order valence-corrected chi connectivity index (χ0v) is 15.4. The van der Waals surface area contributed by atoms with Crippen molar-refractivity contribution in [2.45, 2.75) is 24.4 Å². The molecule has 2 amide bonds. The van der Waals surface area contributed by atoms with E-state index in [1.165, 1.54) is 11.8 Å². The summed E-state index contributed by atoms with van der Waals surface area (Å²) in [5, 5.41) is 2.51. The minimum atomic E-state index is -4.54. The average Bonchev–Trinajstić information content (AvgIpc) is 2.61. The third-order valence-electron chi connectivity index (χ3n) is 4.12. The molecule has 0 atom stereocenters. The summed E-state index contributed by atoms with van der Waals surface area (Å²) in [4.78, 5) is 24.1. The minimum Gasteiger partial charge on any atom is -0.356 e. The molecule has 1 aromatic carbocycles. The largest absolute Gasteiger partial charge is 0.416 e. The van der Waals surface area contributed by atoms with Crippen LogP contribution < -0.4 is 5.32 Å². The van der Waals surface area contributed by atoms with Gasteiger partial charge in [-0.3, -0.25) is 9.59 Å². The molecule has 1 N–H and O–H groups in total. The fourth-order valence-electron chi connectivity index (χ4n) is 2.65. The summed E-state index contributed by atoms with van der Waals surface area (Å²) in [6, 6.07) is 3.33. The fraction of sp³-hybridized carbons (Fsp3) is 0.500. The molecule has 0 aromatic heterocycles. The Kier molecular flexibility index (Phi) is 6.47. The second-order valence-corrected chi connectivity index (χ2v) is 7.98. The topological polar surface area (TPSA) is 86.8 Å². The van der Waals surface area contributed by atoms with E-state index in [0.29, 0.717) is 0 Å². The quantitative estimate of drug-likeness (QED) is 0.791. The monoisotopic (exact) mass is 407 g/mol. The number of piperazine rings is 1. The first-order valence-corrected chi connectivity index (χ1v) is 9.65. The summed E-state index contributed by atoms with van der Waals surface area (Å²) in [5.74, 6) is -0.439. The molecule has 1 saturated heterocycles. The molecule has 27 heavy (non-hydrogen) atoms. The first-order valence-electron chi connectivity index (χ1n) is 8.21. The van der Waals surface area contributed by atoms with Gasteiger partial charge >= 0.3 is 6.18 Å². The van der Waals surface area contributed by atoms with E-state index in [0.717, 1.165) is 28.6 Å². The number of amides is 2. The lowest BCUT2D eigenvalue weighted by Crippen LogP contribution is -2.50. The maximum Gasteiger partial charge on any atom is 0.416 e. The predicted octanol–water partition coefficient (Wildman–Crippen LogP) is 1.06. The maximum atomic E-state index is 12.6. The maximum absolute atomic E-state index is 12.6. The zero-order valence-electron chi connectivity index (χ0n) is 14.6. The summed E-state index contributed by atoms with van der Waals surface area (Å²) in [5.41, 5.74) is -0.920. The van der Waals surface area contributed by atoms with Gasteiger partial charge in [-0.2, -0.15) is 17.5 Å². The van der Waals surface area contributed by atoms with E-state index in [2.05, 4.69) is 5.32 Å². The summed E-state index contributed by atoms with van der Waals surface area (Å²) in [7, 11) is -3.93. The lowest BCUT2D eigenvalue weighted by molar-refractivity contribution is -0.137. The summed E-state index contributed by atoms with van der Waals surface area (Å²) in [6.45, 7) is 2.01. The number of nitrogens with one attached hydrogen (secondary N) is 1. The summed E-state index contributed by atoms with van der Waals surface area (Å²) in [6.07, 6.45) is -4.42. The fourth-order valence-corrected chi connectivity index (χ4v) is 4.07. The van der Waals surface area contributed by atoms with Crippen LogP contribution in [0.25, 0.3) is 0 Å². The molecule has 150 valence electrons. The van der Waals surface area contributed by atoms with Crippen LogP contribution >= 0.6 is 0 Å². The standard InChI is InChI=1S/C16H20F3N3O4S/c1-12(23)20-7-6-15(24)21-8-10-22(11-9-21)27(25,26)14-4-2-13(3-5-14)16(17,18)19/h2-5H,6-11H2,1H3,(H,20,23). The highest BCUT2D eigenvalue weighted by molar-refractivity contribution is 7.89. The molecule has 2 rings (SSSR count). The van der Waals surface area contributed by atoms with Crippen molar-refractivity contribution in [3.8, 4) is 0 Å². The van der Waals surface area contributed by atoms with Crippen molar-refractivity contribution in [3.05, 3.63) is 29.8 Å². The van der Waals surface area contributed by atoms with Crippen LogP contribution in [0, 0.1) is 0 Å². The Morgan fingerprint density at radius 3 is 2.11 bits per heavy atom. The van der Waals surface area contributed by atoms with Gasteiger partial charge in [0.05, 0.1) is 10.5 Å². The second kappa shape index (κ2) is 8.26. The number of carbonyl (C=O) groups excluding carboxylic acids is 2. The molecule has 0 saturated carbocycles. The summed E-state index contributed by atoms with van der Waals surface area (Å²) < 4.78 is 64.1. The van der Waals surface area contributed by atoms with Gasteiger partial charge in [0.2, 0.25) is 21.8 Å². The molecule has 1 aliphatic rings. The third kappa shape index (κ3) is 5.42. The minimum absolute atomic E-state index is 0.0508. The average molecular weight is 407 g/mol. The molecule has 7 nitrogen and oxygen atoms in total. The van der Waals surface area contributed by atoms with Crippen LogP contribution in [0.1, 0.15) is 18.9 Å². The highest BCUT2D eigenvalue weighted by Gasteiger charge is 2.33. The van der Waals surface area contributed by atoms with Crippen LogP contribution in [0.3, 0.4) is 0 Å². The normalized spacial score (nSPS) is 16.2. The number of nitrogens with zero attached hydrogens (tertiary/aromatic N) is 2. The van der Waals surface area contributed by atoms with Gasteiger partial charge in [-0.15, -0.1) is 0 Å². The molecule has 0 radical (unpaired) electrons. The van der Waals surface area contributed by atoms with E-state index >= 15 is 0 Å². The van der Waals surface area contributed by atoms with Crippen LogP contribution in [0.4, 0.5) is 13.2 Å². The second-order valence-electron chi connectivity index (χ2n) is 6.04. The number of carbonyl (C=O) groups is 2. The Balaban J connectivity index is 1.96. The van der Waals surface area contributed by atoms with Crippen molar-refractivity contribution in [2.75, 3.05) is 32.7 Å². The van der Waals surface area contributed by atoms with Gasteiger partial charge in [0.15, 0.2) is 0 Å². The Hall–Kier alpha value is -2.14. The van der Waals surface area contributed by atoms with Gasteiger partial charge in [-0.25, -0.2) is 8.42 Å². The molecule has 11 heteroatoms. The van der Waals surface area contributed by atoms with Gasteiger partial charge in [0.1, 0.15) is 0 Å². The number of hydrogen-bond donors (Lipinski definition) is 1. The van der Waals surface area contributed by atoms with E-state index < -0.39 is 21.8 Å². The van der Waals surface area contributed by atoms with Crippen molar-refractivity contribution in [1.82, 2.24) is 14.5 Å². The van der Waals surface area contributed by atoms with E-state index in [1.54, 1.807) is 0 Å². The lowest BCUT2D eigenvalue weighted by atomic mass is 10.2. The van der Waals surface area contributed by atoms with Crippen LogP contribution in [0.2, 0.25) is 0 Å². The van der Waals surface area contributed by atoms with Gasteiger partial charge in [-0.05, 0) is 24.3 Å². The Morgan fingerprint density at radius 1 is 1.07 bits per heavy atom. The van der Waals surface area contributed by atoms with Gasteiger partial charge in [-0.1, -0.05) is 0 Å². The number of sulfonamides is 1. The highest BCUT2D eigenvalue weighted by Crippen LogP contribution is 2.30. The molecule has 0 spiro atoms. The Bertz CT molecular complexity index is 786. The van der Waals surface area contributed by atoms with Crippen molar-refractivity contribution < 1.29 is 31.2 Å². The van der Waals surface area contributed by atoms with E-state index in [4.69, 9.17) is 0 Å². The molecular formula is C16H20F3N3O4S. The Morgan fingerprint density at radius 2 is 1.63 bits per heavy atom. The number of benzene rings is 1. The lowest BCUT2D eigenvalue weighted by Gasteiger charge is -2.34. The number of alkyl halides is 3. The van der Waals surface area contributed by atoms with E-state index in [-0.39, 0.29) is 55.9 Å². The van der Waals surface area contributed by atoms with Crippen molar-refractivity contribution in [2.24, 2.45) is 0 Å². The van der Waals surface area contributed by atoms with Crippen LogP contribution in [-0.4, -0.2) is 62.2 Å². The molecule has 0 unspecified atom stereocenters. The first-order chi connectivity index (χ1) is 12.5. The number of rotatable bonds is 5. The van der Waals surface area contributed by atoms with Crippen molar-refractivity contribution in [1.29, 1.82) is 0 Å². The number of halogens is 3. The molecule has 0 bridgehead atoms. The SMILES string of the molecule is CC(=O)NCCC(=O)N1CCN(S(=O)(=O)c2ccc(C(F)(F)F)cc2)CC1. The summed E-state index contributed by atoms with van der Waals surface area (Å²) >= 11 is 0. The smallest absolute Gasteiger partial charge is 0.356 e. The van der Waals surface area contributed by atoms with Crippen molar-refractivity contribution >= 4 is 21.8 Å². The third-order valence-corrected chi connectivity index (χ3v) is 6.04. The van der Waals surface area contributed by atoms with Gasteiger partial charge < -0.3 is 10.2 Å². The molecule has 1 heterocycles. The van der Waals surface area contributed by atoms with Gasteiger partial charge in [0.25, 0.3) is 0 Å². The first kappa shape index (κ1) is 21.2. The molecule has 0 aliphatic carbocycles. The molecular weight excluding hydrogens is 387 g/mol. The number of hydrogen-bond acceptors (Lipinski definition) is 4. The molecule has 1 aliphatic heterocycles. The van der Waals surface area contributed by atoms with E-state index in [9.17, 15) is 31.2 Å². The van der Waals surface area contributed by atoms with E-state index in [1.807, 2.05) is 0 Å². The zero-order chi connectivity index (χ0) is 20.2.